The van der Waals surface area contributed by atoms with Crippen LogP contribution in [-0.2, 0) is 9.47 Å². The zero-order chi connectivity index (χ0) is 30.1. The molecule has 2 aromatic rings. The highest BCUT2D eigenvalue weighted by molar-refractivity contribution is 6.31. The van der Waals surface area contributed by atoms with Gasteiger partial charge in [0.25, 0.3) is 0 Å². The summed E-state index contributed by atoms with van der Waals surface area (Å²) in [5.41, 5.74) is 19.1. The Morgan fingerprint density at radius 2 is 1.93 bits per heavy atom. The summed E-state index contributed by atoms with van der Waals surface area (Å²) >= 11 is 11.9. The Morgan fingerprint density at radius 1 is 1.20 bits per heavy atom. The molecule has 9 nitrogen and oxygen atoms in total. The number of aliphatic imine (C=N–C) groups is 3. The molecule has 0 aliphatic heterocycles. The van der Waals surface area contributed by atoms with Crippen LogP contribution in [0.25, 0.3) is 5.57 Å². The Kier molecular flexibility index (Phi) is 12.2. The molecule has 0 heterocycles. The van der Waals surface area contributed by atoms with E-state index in [1.807, 2.05) is 6.07 Å². The summed E-state index contributed by atoms with van der Waals surface area (Å²) in [4.78, 5) is 13.2. The largest absolute Gasteiger partial charge is 0.404 e. The molecule has 2 aromatic carbocycles. The van der Waals surface area contributed by atoms with Crippen LogP contribution in [0.15, 0.2) is 51.5 Å². The van der Waals surface area contributed by atoms with Crippen molar-refractivity contribution in [2.75, 3.05) is 19.8 Å². The lowest BCUT2D eigenvalue weighted by Gasteiger charge is -2.25. The number of aliphatic hydroxyl groups is 1. The monoisotopic (exact) mass is 610 g/mol. The molecule has 0 saturated heterocycles. The molecular weight excluding hydrogens is 577 g/mol. The number of nitrogens with zero attached hydrogens (tertiary/aromatic N) is 3. The second-order valence-corrected chi connectivity index (χ2v) is 10.2. The van der Waals surface area contributed by atoms with E-state index in [-0.39, 0.29) is 41.0 Å². The summed E-state index contributed by atoms with van der Waals surface area (Å²) in [6, 6.07) is 7.88. The zero-order valence-electron chi connectivity index (χ0n) is 22.7. The van der Waals surface area contributed by atoms with E-state index < -0.39 is 30.1 Å². The molecule has 0 aromatic heterocycles. The molecule has 0 spiro atoms. The topological polar surface area (TPSA) is 154 Å². The van der Waals surface area contributed by atoms with Crippen LogP contribution in [0, 0.1) is 11.6 Å². The van der Waals surface area contributed by atoms with E-state index in [1.165, 1.54) is 18.3 Å². The number of amidine groups is 2. The molecule has 1 fully saturated rings. The Balaban J connectivity index is 1.95. The van der Waals surface area contributed by atoms with E-state index >= 15 is 0 Å². The second-order valence-electron chi connectivity index (χ2n) is 9.36. The Morgan fingerprint density at radius 3 is 2.56 bits per heavy atom. The van der Waals surface area contributed by atoms with E-state index in [9.17, 15) is 13.9 Å². The SMILES string of the molecule is CCOCC(N)OC(C(N=C(C)N)=Nc1cc(Cl)ccc1C1CC1)[C@@H](O)CN=C/C(=C\N)c1ccc(Cl)c(F)c1F. The van der Waals surface area contributed by atoms with Gasteiger partial charge in [0.05, 0.1) is 29.7 Å². The number of hydrogen-bond donors (Lipinski definition) is 4. The first-order valence-electron chi connectivity index (χ1n) is 13.0. The van der Waals surface area contributed by atoms with Gasteiger partial charge in [0.1, 0.15) is 18.4 Å². The summed E-state index contributed by atoms with van der Waals surface area (Å²) in [6.07, 6.45) is 0.778. The maximum Gasteiger partial charge on any atom is 0.178 e. The molecule has 3 rings (SSSR count). The molecule has 1 saturated carbocycles. The number of aliphatic hydroxyl groups excluding tert-OH is 1. The molecule has 1 aliphatic rings. The standard InChI is InChI=1S/C28H34Cl2F2N6O3/c1-3-40-14-24(35)41-27(23(39)13-36-12-17(11-33)20-8-9-21(30)26(32)25(20)31)28(37-15(2)34)38-22-10-18(29)6-7-19(22)16-4-5-16/h6-12,16,23-24,27,39H,3-5,13-14,33,35H2,1-2H3,(H2,34,37,38)/b17-11+,36-12?/t23-,24?,27?/m0/s1. The first-order chi connectivity index (χ1) is 19.5. The molecule has 0 bridgehead atoms. The first-order valence-corrected chi connectivity index (χ1v) is 13.7. The number of ether oxygens (including phenoxy) is 2. The third-order valence-electron chi connectivity index (χ3n) is 6.00. The van der Waals surface area contributed by atoms with E-state index in [0.717, 1.165) is 24.6 Å². The van der Waals surface area contributed by atoms with Crippen LogP contribution >= 0.6 is 23.2 Å². The highest BCUT2D eigenvalue weighted by Crippen LogP contribution is 2.45. The predicted octanol–water partition coefficient (Wildman–Crippen LogP) is 4.69. The number of hydrogen-bond acceptors (Lipinski definition) is 7. The van der Waals surface area contributed by atoms with Crippen LogP contribution in [0.5, 0.6) is 0 Å². The van der Waals surface area contributed by atoms with Crippen molar-refractivity contribution in [3.8, 4) is 0 Å². The molecule has 222 valence electrons. The number of benzene rings is 2. The molecule has 0 radical (unpaired) electrons. The Hall–Kier alpha value is -2.93. The van der Waals surface area contributed by atoms with Crippen molar-refractivity contribution in [2.45, 2.75) is 51.0 Å². The molecule has 41 heavy (non-hydrogen) atoms. The summed E-state index contributed by atoms with van der Waals surface area (Å²) in [6.45, 7) is 3.53. The van der Waals surface area contributed by atoms with Crippen molar-refractivity contribution in [1.82, 2.24) is 0 Å². The van der Waals surface area contributed by atoms with Crippen LogP contribution in [0.4, 0.5) is 14.5 Å². The fourth-order valence-corrected chi connectivity index (χ4v) is 4.21. The maximum atomic E-state index is 14.5. The van der Waals surface area contributed by atoms with Gasteiger partial charge in [-0.2, -0.15) is 0 Å². The highest BCUT2D eigenvalue weighted by atomic mass is 35.5. The molecule has 0 amide bonds. The Bertz CT molecular complexity index is 1330. The summed E-state index contributed by atoms with van der Waals surface area (Å²) < 4.78 is 39.8. The van der Waals surface area contributed by atoms with Gasteiger partial charge in [-0.1, -0.05) is 29.3 Å². The van der Waals surface area contributed by atoms with Crippen LogP contribution in [0.3, 0.4) is 0 Å². The number of allylic oxidation sites excluding steroid dienone is 1. The van der Waals surface area contributed by atoms with Gasteiger partial charge in [-0.15, -0.1) is 0 Å². The van der Waals surface area contributed by atoms with Crippen molar-refractivity contribution in [3.63, 3.8) is 0 Å². The highest BCUT2D eigenvalue weighted by Gasteiger charge is 2.30. The lowest BCUT2D eigenvalue weighted by molar-refractivity contribution is -0.0671. The lowest BCUT2D eigenvalue weighted by Crippen LogP contribution is -2.45. The van der Waals surface area contributed by atoms with Gasteiger partial charge < -0.3 is 31.8 Å². The number of halogens is 4. The van der Waals surface area contributed by atoms with E-state index in [0.29, 0.717) is 23.2 Å². The maximum absolute atomic E-state index is 14.5. The summed E-state index contributed by atoms with van der Waals surface area (Å²) in [5.74, 6) is -1.85. The normalized spacial score (nSPS) is 17.2. The Labute approximate surface area is 247 Å². The molecular formula is C28H34Cl2F2N6O3. The average molecular weight is 612 g/mol. The van der Waals surface area contributed by atoms with E-state index in [4.69, 9.17) is 54.9 Å². The first kappa shape index (κ1) is 32.6. The molecule has 1 aliphatic carbocycles. The fraction of sp³-hybridized carbons (Fsp3) is 0.393. The van der Waals surface area contributed by atoms with Crippen molar-refractivity contribution < 1.29 is 23.4 Å². The molecule has 3 atom stereocenters. The minimum absolute atomic E-state index is 0.0353. The lowest BCUT2D eigenvalue weighted by atomic mass is 10.1. The van der Waals surface area contributed by atoms with Crippen LogP contribution < -0.4 is 17.2 Å². The molecule has 13 heteroatoms. The zero-order valence-corrected chi connectivity index (χ0v) is 24.2. The molecule has 2 unspecified atom stereocenters. The third-order valence-corrected chi connectivity index (χ3v) is 6.52. The minimum Gasteiger partial charge on any atom is -0.404 e. The quantitative estimate of drug-likeness (QED) is 0.112. The van der Waals surface area contributed by atoms with Gasteiger partial charge in [-0.05, 0) is 62.4 Å². The van der Waals surface area contributed by atoms with Crippen molar-refractivity contribution in [3.05, 3.63) is 69.3 Å². The fourth-order valence-electron chi connectivity index (χ4n) is 3.90. The summed E-state index contributed by atoms with van der Waals surface area (Å²) in [7, 11) is 0. The average Bonchev–Trinajstić information content (AvgIpc) is 3.77. The van der Waals surface area contributed by atoms with E-state index in [1.54, 1.807) is 26.0 Å². The smallest absolute Gasteiger partial charge is 0.178 e. The van der Waals surface area contributed by atoms with Gasteiger partial charge in [-0.25, -0.2) is 18.8 Å². The summed E-state index contributed by atoms with van der Waals surface area (Å²) in [5, 5.41) is 11.3. The minimum atomic E-state index is -1.35. The second kappa shape index (κ2) is 15.3. The third kappa shape index (κ3) is 9.29. The number of nitrogens with two attached hydrogens (primary N) is 3. The van der Waals surface area contributed by atoms with E-state index in [2.05, 4.69) is 9.98 Å². The van der Waals surface area contributed by atoms with Crippen molar-refractivity contribution in [1.29, 1.82) is 0 Å². The van der Waals surface area contributed by atoms with Crippen molar-refractivity contribution in [2.24, 2.45) is 32.2 Å². The van der Waals surface area contributed by atoms with Gasteiger partial charge in [0.2, 0.25) is 0 Å². The van der Waals surface area contributed by atoms with Gasteiger partial charge in [0, 0.05) is 35.2 Å². The van der Waals surface area contributed by atoms with Crippen LogP contribution in [0.1, 0.15) is 43.7 Å². The van der Waals surface area contributed by atoms with Crippen LogP contribution in [-0.4, -0.2) is 61.2 Å². The van der Waals surface area contributed by atoms with Gasteiger partial charge in [0.15, 0.2) is 17.5 Å². The van der Waals surface area contributed by atoms with Gasteiger partial charge >= 0.3 is 0 Å². The van der Waals surface area contributed by atoms with Crippen molar-refractivity contribution >= 4 is 52.3 Å². The molecule has 7 N–H and O–H groups in total. The van der Waals surface area contributed by atoms with Crippen LogP contribution in [0.2, 0.25) is 10.0 Å². The van der Waals surface area contributed by atoms with Gasteiger partial charge in [-0.3, -0.25) is 4.99 Å². The predicted molar refractivity (Wildman–Crippen MR) is 160 cm³/mol. The number of rotatable bonds is 13.